The summed E-state index contributed by atoms with van der Waals surface area (Å²) in [6.07, 6.45) is 0.779. The Balaban J connectivity index is 1.46. The molecule has 2 aromatic rings. The van der Waals surface area contributed by atoms with Crippen LogP contribution in [0.3, 0.4) is 0 Å². The molecule has 0 aliphatic carbocycles. The van der Waals surface area contributed by atoms with Crippen LogP contribution in [-0.2, 0) is 16.1 Å². The monoisotopic (exact) mass is 330 g/mol. The first kappa shape index (κ1) is 16.5. The molecule has 6 nitrogen and oxygen atoms in total. The molecular formula is C18H22N2O4. The number of carboxylic acids is 1. The first-order chi connectivity index (χ1) is 11.6. The Kier molecular flexibility index (Phi) is 5.15. The Morgan fingerprint density at radius 3 is 2.54 bits per heavy atom. The van der Waals surface area contributed by atoms with Gasteiger partial charge in [-0.15, -0.1) is 0 Å². The van der Waals surface area contributed by atoms with Gasteiger partial charge in [-0.05, 0) is 18.6 Å². The van der Waals surface area contributed by atoms with E-state index in [0.29, 0.717) is 25.9 Å². The summed E-state index contributed by atoms with van der Waals surface area (Å²) >= 11 is 0. The van der Waals surface area contributed by atoms with Crippen LogP contribution in [0.2, 0.25) is 0 Å². The number of nitrogens with zero attached hydrogens (tertiary/aromatic N) is 2. The van der Waals surface area contributed by atoms with Crippen LogP contribution in [0.15, 0.2) is 34.7 Å². The summed E-state index contributed by atoms with van der Waals surface area (Å²) in [4.78, 5) is 26.7. The van der Waals surface area contributed by atoms with E-state index in [0.717, 1.165) is 36.4 Å². The molecule has 2 heterocycles. The number of fused-ring (bicyclic) bond motifs is 1. The van der Waals surface area contributed by atoms with Crippen molar-refractivity contribution in [3.05, 3.63) is 36.1 Å². The molecule has 1 aromatic heterocycles. The minimum Gasteiger partial charge on any atom is -0.481 e. The summed E-state index contributed by atoms with van der Waals surface area (Å²) in [5.74, 6) is 0.149. The van der Waals surface area contributed by atoms with Crippen molar-refractivity contribution >= 4 is 22.8 Å². The number of furan rings is 1. The van der Waals surface area contributed by atoms with Crippen LogP contribution in [0.4, 0.5) is 0 Å². The molecule has 0 radical (unpaired) electrons. The molecule has 0 atom stereocenters. The molecule has 0 spiro atoms. The third-order valence-corrected chi connectivity index (χ3v) is 4.36. The van der Waals surface area contributed by atoms with Gasteiger partial charge < -0.3 is 14.4 Å². The average Bonchev–Trinajstić information content (AvgIpc) is 2.97. The van der Waals surface area contributed by atoms with E-state index in [1.165, 1.54) is 0 Å². The molecule has 1 saturated heterocycles. The van der Waals surface area contributed by atoms with Crippen LogP contribution in [0.1, 0.15) is 25.0 Å². The molecule has 6 heteroatoms. The SMILES string of the molecule is O=C(O)CCCC(=O)N1CCN(Cc2cc3ccccc3o2)CC1. The summed E-state index contributed by atoms with van der Waals surface area (Å²) in [7, 11) is 0. The lowest BCUT2D eigenvalue weighted by Gasteiger charge is -2.34. The van der Waals surface area contributed by atoms with E-state index < -0.39 is 5.97 Å². The van der Waals surface area contributed by atoms with E-state index in [2.05, 4.69) is 11.0 Å². The second-order valence-electron chi connectivity index (χ2n) is 6.15. The summed E-state index contributed by atoms with van der Waals surface area (Å²) in [6, 6.07) is 10.0. The molecule has 24 heavy (non-hydrogen) atoms. The van der Waals surface area contributed by atoms with E-state index in [-0.39, 0.29) is 12.3 Å². The van der Waals surface area contributed by atoms with Gasteiger partial charge >= 0.3 is 5.97 Å². The average molecular weight is 330 g/mol. The van der Waals surface area contributed by atoms with Gasteiger partial charge in [0.05, 0.1) is 6.54 Å². The standard InChI is InChI=1S/C18H22N2O4/c21-17(6-3-7-18(22)23)20-10-8-19(9-11-20)13-15-12-14-4-1-2-5-16(14)24-15/h1-2,4-5,12H,3,6-11,13H2,(H,22,23). The van der Waals surface area contributed by atoms with Crippen LogP contribution >= 0.6 is 0 Å². The summed E-state index contributed by atoms with van der Waals surface area (Å²) in [6.45, 7) is 3.73. The van der Waals surface area contributed by atoms with Crippen LogP contribution in [0, 0.1) is 0 Å². The molecule has 1 aliphatic heterocycles. The maximum absolute atomic E-state index is 12.1. The molecule has 0 unspecified atom stereocenters. The fourth-order valence-corrected chi connectivity index (χ4v) is 3.04. The molecule has 1 amide bonds. The van der Waals surface area contributed by atoms with Crippen LogP contribution in [0.25, 0.3) is 11.0 Å². The van der Waals surface area contributed by atoms with Gasteiger partial charge in [0.25, 0.3) is 0 Å². The Morgan fingerprint density at radius 2 is 1.83 bits per heavy atom. The Hall–Kier alpha value is -2.34. The van der Waals surface area contributed by atoms with Crippen molar-refractivity contribution in [2.75, 3.05) is 26.2 Å². The number of carbonyl (C=O) groups excluding carboxylic acids is 1. The second-order valence-corrected chi connectivity index (χ2v) is 6.15. The minimum absolute atomic E-state index is 0.0533. The molecule has 128 valence electrons. The highest BCUT2D eigenvalue weighted by Gasteiger charge is 2.21. The van der Waals surface area contributed by atoms with E-state index in [1.54, 1.807) is 0 Å². The first-order valence-electron chi connectivity index (χ1n) is 8.31. The molecule has 1 aromatic carbocycles. The topological polar surface area (TPSA) is 74.0 Å². The van der Waals surface area contributed by atoms with E-state index in [1.807, 2.05) is 29.2 Å². The maximum atomic E-state index is 12.1. The highest BCUT2D eigenvalue weighted by atomic mass is 16.4. The number of carboxylic acid groups (broad SMARTS) is 1. The summed E-state index contributed by atoms with van der Waals surface area (Å²) in [5, 5.41) is 9.73. The molecule has 0 bridgehead atoms. The largest absolute Gasteiger partial charge is 0.481 e. The van der Waals surface area contributed by atoms with Crippen LogP contribution in [0.5, 0.6) is 0 Å². The van der Waals surface area contributed by atoms with Crippen molar-refractivity contribution in [1.29, 1.82) is 0 Å². The van der Waals surface area contributed by atoms with Crippen molar-refractivity contribution < 1.29 is 19.1 Å². The number of piperazine rings is 1. The Bertz CT molecular complexity index is 684. The fourth-order valence-electron chi connectivity index (χ4n) is 3.04. The molecule has 3 rings (SSSR count). The molecule has 1 aliphatic rings. The van der Waals surface area contributed by atoms with Crippen molar-refractivity contribution in [2.24, 2.45) is 0 Å². The zero-order chi connectivity index (χ0) is 16.9. The van der Waals surface area contributed by atoms with Gasteiger partial charge in [-0.3, -0.25) is 14.5 Å². The quantitative estimate of drug-likeness (QED) is 0.880. The third-order valence-electron chi connectivity index (χ3n) is 4.36. The predicted molar refractivity (Wildman–Crippen MR) is 89.6 cm³/mol. The maximum Gasteiger partial charge on any atom is 0.303 e. The highest BCUT2D eigenvalue weighted by molar-refractivity contribution is 5.78. The van der Waals surface area contributed by atoms with Gasteiger partial charge in [-0.25, -0.2) is 0 Å². The number of para-hydroxylation sites is 1. The summed E-state index contributed by atoms with van der Waals surface area (Å²) in [5.41, 5.74) is 0.903. The molecule has 0 saturated carbocycles. The highest BCUT2D eigenvalue weighted by Crippen LogP contribution is 2.20. The van der Waals surface area contributed by atoms with Crippen molar-refractivity contribution in [3.8, 4) is 0 Å². The summed E-state index contributed by atoms with van der Waals surface area (Å²) < 4.78 is 5.84. The van der Waals surface area contributed by atoms with Crippen LogP contribution in [-0.4, -0.2) is 53.0 Å². The Morgan fingerprint density at radius 1 is 1.08 bits per heavy atom. The number of carbonyl (C=O) groups is 2. The van der Waals surface area contributed by atoms with Gasteiger partial charge in [-0.2, -0.15) is 0 Å². The van der Waals surface area contributed by atoms with Crippen molar-refractivity contribution in [1.82, 2.24) is 9.80 Å². The predicted octanol–water partition coefficient (Wildman–Crippen LogP) is 2.33. The lowest BCUT2D eigenvalue weighted by atomic mass is 10.2. The molecular weight excluding hydrogens is 308 g/mol. The van der Waals surface area contributed by atoms with Crippen molar-refractivity contribution in [3.63, 3.8) is 0 Å². The number of hydrogen-bond acceptors (Lipinski definition) is 4. The van der Waals surface area contributed by atoms with Gasteiger partial charge in [0, 0.05) is 44.4 Å². The molecule has 1 N–H and O–H groups in total. The lowest BCUT2D eigenvalue weighted by molar-refractivity contribution is -0.137. The minimum atomic E-state index is -0.849. The van der Waals surface area contributed by atoms with E-state index >= 15 is 0 Å². The van der Waals surface area contributed by atoms with Crippen molar-refractivity contribution in [2.45, 2.75) is 25.8 Å². The van der Waals surface area contributed by atoms with Gasteiger partial charge in [0.1, 0.15) is 11.3 Å². The number of benzene rings is 1. The normalized spacial score (nSPS) is 15.8. The second kappa shape index (κ2) is 7.49. The first-order valence-corrected chi connectivity index (χ1v) is 8.31. The van der Waals surface area contributed by atoms with Gasteiger partial charge in [0.2, 0.25) is 5.91 Å². The van der Waals surface area contributed by atoms with Crippen LogP contribution < -0.4 is 0 Å². The fraction of sp³-hybridized carbons (Fsp3) is 0.444. The zero-order valence-corrected chi connectivity index (χ0v) is 13.6. The van der Waals surface area contributed by atoms with E-state index in [9.17, 15) is 9.59 Å². The number of rotatable bonds is 6. The Labute approximate surface area is 140 Å². The van der Waals surface area contributed by atoms with Gasteiger partial charge in [-0.1, -0.05) is 18.2 Å². The lowest BCUT2D eigenvalue weighted by Crippen LogP contribution is -2.48. The number of hydrogen-bond donors (Lipinski definition) is 1. The van der Waals surface area contributed by atoms with E-state index in [4.69, 9.17) is 9.52 Å². The molecule has 1 fully saturated rings. The van der Waals surface area contributed by atoms with Gasteiger partial charge in [0.15, 0.2) is 0 Å². The number of amides is 1. The zero-order valence-electron chi connectivity index (χ0n) is 13.6. The smallest absolute Gasteiger partial charge is 0.303 e. The number of aliphatic carboxylic acids is 1. The third kappa shape index (κ3) is 4.14.